The smallest absolute Gasteiger partial charge is 0.257 e. The number of rotatable bonds is 1. The molecule has 0 saturated heterocycles. The van der Waals surface area contributed by atoms with E-state index in [0.29, 0.717) is 5.57 Å². The summed E-state index contributed by atoms with van der Waals surface area (Å²) < 4.78 is 0. The van der Waals surface area contributed by atoms with Gasteiger partial charge in [0.2, 0.25) is 0 Å². The van der Waals surface area contributed by atoms with Crippen LogP contribution in [0.1, 0.15) is 5.56 Å². The number of hydrogen-bond acceptors (Lipinski definition) is 3. The highest BCUT2D eigenvalue weighted by Crippen LogP contribution is 2.36. The number of fused-ring (bicyclic) bond motifs is 3. The SMILES string of the molecule is CN(C)C=C1C(=O)Nc2ccc3ncccc3c21. The molecule has 18 heavy (non-hydrogen) atoms. The summed E-state index contributed by atoms with van der Waals surface area (Å²) in [6.45, 7) is 0. The fraction of sp³-hybridized carbons (Fsp3) is 0.143. The van der Waals surface area contributed by atoms with Gasteiger partial charge in [0.1, 0.15) is 0 Å². The molecule has 1 aliphatic heterocycles. The van der Waals surface area contributed by atoms with Gasteiger partial charge < -0.3 is 10.2 Å². The summed E-state index contributed by atoms with van der Waals surface area (Å²) in [7, 11) is 3.81. The minimum atomic E-state index is -0.0601. The number of nitrogens with zero attached hydrogens (tertiary/aromatic N) is 2. The molecule has 0 aliphatic carbocycles. The van der Waals surface area contributed by atoms with Crippen molar-refractivity contribution in [2.75, 3.05) is 19.4 Å². The first-order valence-corrected chi connectivity index (χ1v) is 5.74. The summed E-state index contributed by atoms with van der Waals surface area (Å²) in [5.41, 5.74) is 3.39. The van der Waals surface area contributed by atoms with Crippen molar-refractivity contribution in [3.05, 3.63) is 42.2 Å². The van der Waals surface area contributed by atoms with Gasteiger partial charge in [-0.05, 0) is 18.2 Å². The maximum Gasteiger partial charge on any atom is 0.257 e. The Hall–Kier alpha value is -2.36. The van der Waals surface area contributed by atoms with Gasteiger partial charge in [-0.15, -0.1) is 0 Å². The van der Waals surface area contributed by atoms with Gasteiger partial charge >= 0.3 is 0 Å². The molecule has 4 heteroatoms. The van der Waals surface area contributed by atoms with Crippen LogP contribution in [0.3, 0.4) is 0 Å². The minimum absolute atomic E-state index is 0.0601. The van der Waals surface area contributed by atoms with Gasteiger partial charge in [0, 0.05) is 43.1 Å². The summed E-state index contributed by atoms with van der Waals surface area (Å²) in [6.07, 6.45) is 3.60. The van der Waals surface area contributed by atoms with Crippen LogP contribution in [0.15, 0.2) is 36.7 Å². The number of hydrogen-bond donors (Lipinski definition) is 1. The molecule has 1 aromatic heterocycles. The number of amides is 1. The van der Waals surface area contributed by atoms with Crippen LogP contribution >= 0.6 is 0 Å². The Morgan fingerprint density at radius 3 is 2.89 bits per heavy atom. The topological polar surface area (TPSA) is 45.2 Å². The number of carbonyl (C=O) groups excluding carboxylic acids is 1. The van der Waals surface area contributed by atoms with Crippen molar-refractivity contribution >= 4 is 28.1 Å². The number of carbonyl (C=O) groups is 1. The second-order valence-corrected chi connectivity index (χ2v) is 4.52. The van der Waals surface area contributed by atoms with Gasteiger partial charge in [0.15, 0.2) is 0 Å². The lowest BCUT2D eigenvalue weighted by Gasteiger charge is -2.08. The van der Waals surface area contributed by atoms with Crippen LogP contribution in [0, 0.1) is 0 Å². The Balaban J connectivity index is 2.33. The predicted octanol–water partition coefficient (Wildman–Crippen LogP) is 2.09. The Bertz CT molecular complexity index is 674. The molecule has 2 heterocycles. The van der Waals surface area contributed by atoms with Crippen LogP contribution in [-0.2, 0) is 4.79 Å². The highest BCUT2D eigenvalue weighted by Gasteiger charge is 2.26. The molecule has 1 aliphatic rings. The third-order valence-electron chi connectivity index (χ3n) is 2.93. The first kappa shape index (κ1) is 10.8. The van der Waals surface area contributed by atoms with Crippen molar-refractivity contribution in [1.29, 1.82) is 0 Å². The molecule has 0 saturated carbocycles. The van der Waals surface area contributed by atoms with Gasteiger partial charge in [-0.2, -0.15) is 0 Å². The summed E-state index contributed by atoms with van der Waals surface area (Å²) in [4.78, 5) is 18.2. The minimum Gasteiger partial charge on any atom is -0.383 e. The van der Waals surface area contributed by atoms with Crippen LogP contribution in [0.5, 0.6) is 0 Å². The van der Waals surface area contributed by atoms with Gasteiger partial charge in [0.05, 0.1) is 11.1 Å². The first-order chi connectivity index (χ1) is 8.66. The summed E-state index contributed by atoms with van der Waals surface area (Å²) in [6, 6.07) is 7.70. The normalized spacial score (nSPS) is 15.9. The molecule has 0 unspecified atom stereocenters. The highest BCUT2D eigenvalue weighted by atomic mass is 16.2. The number of aromatic nitrogens is 1. The van der Waals surface area contributed by atoms with Gasteiger partial charge in [0.25, 0.3) is 5.91 Å². The largest absolute Gasteiger partial charge is 0.383 e. The zero-order chi connectivity index (χ0) is 12.7. The van der Waals surface area contributed by atoms with E-state index in [4.69, 9.17) is 0 Å². The molecule has 2 aromatic rings. The monoisotopic (exact) mass is 239 g/mol. The lowest BCUT2D eigenvalue weighted by Crippen LogP contribution is -2.08. The zero-order valence-electron chi connectivity index (χ0n) is 10.3. The van der Waals surface area contributed by atoms with Crippen molar-refractivity contribution in [1.82, 2.24) is 9.88 Å². The van der Waals surface area contributed by atoms with Gasteiger partial charge in [-0.1, -0.05) is 6.07 Å². The van der Waals surface area contributed by atoms with Crippen LogP contribution in [0.4, 0.5) is 5.69 Å². The Morgan fingerprint density at radius 2 is 2.11 bits per heavy atom. The van der Waals surface area contributed by atoms with Crippen molar-refractivity contribution in [3.8, 4) is 0 Å². The second kappa shape index (κ2) is 3.84. The Labute approximate surface area is 105 Å². The van der Waals surface area contributed by atoms with Crippen molar-refractivity contribution in [2.24, 2.45) is 0 Å². The van der Waals surface area contributed by atoms with E-state index in [-0.39, 0.29) is 5.91 Å². The molecule has 90 valence electrons. The molecule has 0 fully saturated rings. The summed E-state index contributed by atoms with van der Waals surface area (Å²) >= 11 is 0. The molecule has 0 atom stereocenters. The molecule has 1 N–H and O–H groups in total. The van der Waals surface area contributed by atoms with E-state index >= 15 is 0 Å². The molecule has 0 radical (unpaired) electrons. The van der Waals surface area contributed by atoms with E-state index in [1.807, 2.05) is 49.5 Å². The van der Waals surface area contributed by atoms with Gasteiger partial charge in [-0.25, -0.2) is 0 Å². The average molecular weight is 239 g/mol. The van der Waals surface area contributed by atoms with E-state index < -0.39 is 0 Å². The fourth-order valence-electron chi connectivity index (χ4n) is 2.23. The van der Waals surface area contributed by atoms with E-state index in [2.05, 4.69) is 10.3 Å². The summed E-state index contributed by atoms with van der Waals surface area (Å²) in [5, 5.41) is 3.88. The zero-order valence-corrected chi connectivity index (χ0v) is 10.3. The lowest BCUT2D eigenvalue weighted by atomic mass is 10.0. The number of anilines is 1. The quantitative estimate of drug-likeness (QED) is 0.775. The molecular formula is C14H13N3O. The fourth-order valence-corrected chi connectivity index (χ4v) is 2.23. The van der Waals surface area contributed by atoms with Crippen molar-refractivity contribution in [2.45, 2.75) is 0 Å². The Morgan fingerprint density at radius 1 is 1.28 bits per heavy atom. The first-order valence-electron chi connectivity index (χ1n) is 5.74. The third kappa shape index (κ3) is 1.54. The van der Waals surface area contributed by atoms with Gasteiger partial charge in [-0.3, -0.25) is 9.78 Å². The number of pyridine rings is 1. The summed E-state index contributed by atoms with van der Waals surface area (Å²) in [5.74, 6) is -0.0601. The number of nitrogens with one attached hydrogen (secondary N) is 1. The predicted molar refractivity (Wildman–Crippen MR) is 72.0 cm³/mol. The standard InChI is InChI=1S/C14H13N3O/c1-17(2)8-10-13-9-4-3-7-15-11(9)5-6-12(13)16-14(10)18/h3-8H,1-2H3,(H,16,18). The maximum atomic E-state index is 12.0. The highest BCUT2D eigenvalue weighted by molar-refractivity contribution is 6.34. The molecule has 1 aromatic carbocycles. The third-order valence-corrected chi connectivity index (χ3v) is 2.93. The van der Waals surface area contributed by atoms with Crippen LogP contribution in [0.2, 0.25) is 0 Å². The average Bonchev–Trinajstić information content (AvgIpc) is 2.66. The van der Waals surface area contributed by atoms with Crippen LogP contribution < -0.4 is 5.32 Å². The Kier molecular flexibility index (Phi) is 2.30. The van der Waals surface area contributed by atoms with E-state index in [9.17, 15) is 4.79 Å². The molecule has 3 rings (SSSR count). The molecular weight excluding hydrogens is 226 g/mol. The van der Waals surface area contributed by atoms with E-state index in [1.165, 1.54) is 0 Å². The van der Waals surface area contributed by atoms with Crippen LogP contribution in [0.25, 0.3) is 16.5 Å². The maximum absolute atomic E-state index is 12.0. The van der Waals surface area contributed by atoms with Crippen molar-refractivity contribution < 1.29 is 4.79 Å². The molecule has 1 amide bonds. The second-order valence-electron chi connectivity index (χ2n) is 4.52. The lowest BCUT2D eigenvalue weighted by molar-refractivity contribution is -0.110. The van der Waals surface area contributed by atoms with Crippen LogP contribution in [-0.4, -0.2) is 29.9 Å². The number of benzene rings is 1. The molecule has 4 nitrogen and oxygen atoms in total. The molecule has 0 bridgehead atoms. The van der Waals surface area contributed by atoms with E-state index in [0.717, 1.165) is 22.2 Å². The van der Waals surface area contributed by atoms with E-state index in [1.54, 1.807) is 6.20 Å². The molecule has 0 spiro atoms. The van der Waals surface area contributed by atoms with Crippen molar-refractivity contribution in [3.63, 3.8) is 0 Å².